The zero-order valence-corrected chi connectivity index (χ0v) is 15.9. The second-order valence-electron chi connectivity index (χ2n) is 6.62. The van der Waals surface area contributed by atoms with E-state index in [2.05, 4.69) is 5.32 Å². The number of amides is 2. The van der Waals surface area contributed by atoms with Gasteiger partial charge in [-0.1, -0.05) is 29.8 Å². The summed E-state index contributed by atoms with van der Waals surface area (Å²) in [5.74, 6) is -0.326. The largest absolute Gasteiger partial charge is 0.507 e. The summed E-state index contributed by atoms with van der Waals surface area (Å²) >= 11 is 6.05. The minimum absolute atomic E-state index is 0.00143. The molecule has 1 fully saturated rings. The maximum absolute atomic E-state index is 12.6. The summed E-state index contributed by atoms with van der Waals surface area (Å²) in [6.45, 7) is 4.29. The molecule has 0 aromatic heterocycles. The number of para-hydroxylation sites is 1. The van der Waals surface area contributed by atoms with Gasteiger partial charge in [0.05, 0.1) is 22.8 Å². The smallest absolute Gasteiger partial charge is 0.257 e. The van der Waals surface area contributed by atoms with E-state index in [0.29, 0.717) is 42.5 Å². The molecule has 27 heavy (non-hydrogen) atoms. The fourth-order valence-electron chi connectivity index (χ4n) is 3.06. The van der Waals surface area contributed by atoms with E-state index in [0.717, 1.165) is 5.56 Å². The molecule has 2 aromatic carbocycles. The lowest BCUT2D eigenvalue weighted by Crippen LogP contribution is -2.50. The predicted octanol–water partition coefficient (Wildman–Crippen LogP) is 2.75. The summed E-state index contributed by atoms with van der Waals surface area (Å²) < 4.78 is 0. The van der Waals surface area contributed by atoms with Crippen molar-refractivity contribution in [3.63, 3.8) is 0 Å². The van der Waals surface area contributed by atoms with Gasteiger partial charge in [0.1, 0.15) is 5.75 Å². The highest BCUT2D eigenvalue weighted by Gasteiger charge is 2.25. The van der Waals surface area contributed by atoms with Crippen molar-refractivity contribution in [1.82, 2.24) is 9.80 Å². The normalized spacial score (nSPS) is 14.8. The first-order valence-electron chi connectivity index (χ1n) is 8.79. The molecular weight excluding hydrogens is 366 g/mol. The highest BCUT2D eigenvalue weighted by molar-refractivity contribution is 6.33. The number of carbonyl (C=O) groups is 2. The molecule has 0 radical (unpaired) electrons. The fourth-order valence-corrected chi connectivity index (χ4v) is 3.24. The van der Waals surface area contributed by atoms with E-state index in [1.54, 1.807) is 35.2 Å². The summed E-state index contributed by atoms with van der Waals surface area (Å²) in [6.07, 6.45) is 0. The molecule has 1 aliphatic rings. The topological polar surface area (TPSA) is 72.9 Å². The molecule has 0 unspecified atom stereocenters. The van der Waals surface area contributed by atoms with Gasteiger partial charge in [-0.2, -0.15) is 0 Å². The van der Waals surface area contributed by atoms with E-state index in [1.807, 2.05) is 24.0 Å². The van der Waals surface area contributed by atoms with E-state index < -0.39 is 0 Å². The lowest BCUT2D eigenvalue weighted by Gasteiger charge is -2.34. The van der Waals surface area contributed by atoms with Gasteiger partial charge in [0.25, 0.3) is 5.91 Å². The first-order valence-corrected chi connectivity index (χ1v) is 9.17. The summed E-state index contributed by atoms with van der Waals surface area (Å²) in [5, 5.41) is 13.3. The van der Waals surface area contributed by atoms with Crippen molar-refractivity contribution in [3.8, 4) is 5.75 Å². The molecule has 1 saturated heterocycles. The average Bonchev–Trinajstić information content (AvgIpc) is 2.64. The maximum Gasteiger partial charge on any atom is 0.257 e. The Hall–Kier alpha value is -2.57. The first kappa shape index (κ1) is 19.2. The molecule has 0 aliphatic carbocycles. The minimum atomic E-state index is -0.187. The van der Waals surface area contributed by atoms with Gasteiger partial charge in [-0.15, -0.1) is 0 Å². The number of halogens is 1. The van der Waals surface area contributed by atoms with E-state index in [-0.39, 0.29) is 24.1 Å². The molecule has 7 heteroatoms. The molecule has 0 bridgehead atoms. The van der Waals surface area contributed by atoms with Gasteiger partial charge in [0, 0.05) is 26.2 Å². The van der Waals surface area contributed by atoms with E-state index in [4.69, 9.17) is 11.6 Å². The van der Waals surface area contributed by atoms with Gasteiger partial charge in [-0.05, 0) is 36.8 Å². The van der Waals surface area contributed by atoms with Crippen molar-refractivity contribution in [2.75, 3.05) is 38.0 Å². The number of anilines is 1. The molecule has 2 N–H and O–H groups in total. The number of benzene rings is 2. The highest BCUT2D eigenvalue weighted by atomic mass is 35.5. The Morgan fingerprint density at radius 3 is 2.48 bits per heavy atom. The van der Waals surface area contributed by atoms with Crippen LogP contribution in [0.4, 0.5) is 5.69 Å². The number of aryl methyl sites for hydroxylation is 1. The first-order chi connectivity index (χ1) is 12.9. The molecule has 2 amide bonds. The Morgan fingerprint density at radius 1 is 1.11 bits per heavy atom. The van der Waals surface area contributed by atoms with Crippen LogP contribution in [-0.4, -0.2) is 59.4 Å². The van der Waals surface area contributed by atoms with E-state index >= 15 is 0 Å². The molecular formula is C20H22ClN3O3. The van der Waals surface area contributed by atoms with Crippen LogP contribution in [-0.2, 0) is 4.79 Å². The van der Waals surface area contributed by atoms with Crippen LogP contribution < -0.4 is 5.32 Å². The number of hydrogen-bond donors (Lipinski definition) is 2. The van der Waals surface area contributed by atoms with Gasteiger partial charge >= 0.3 is 0 Å². The number of nitrogens with one attached hydrogen (secondary N) is 1. The number of rotatable bonds is 4. The molecule has 142 valence electrons. The van der Waals surface area contributed by atoms with Crippen molar-refractivity contribution in [3.05, 3.63) is 58.6 Å². The van der Waals surface area contributed by atoms with Crippen molar-refractivity contribution >= 4 is 29.1 Å². The number of hydrogen-bond acceptors (Lipinski definition) is 4. The zero-order valence-electron chi connectivity index (χ0n) is 15.1. The molecule has 3 rings (SSSR count). The van der Waals surface area contributed by atoms with Gasteiger partial charge in [0.15, 0.2) is 0 Å². The summed E-state index contributed by atoms with van der Waals surface area (Å²) in [7, 11) is 0. The van der Waals surface area contributed by atoms with Crippen LogP contribution in [0, 0.1) is 6.92 Å². The molecule has 0 atom stereocenters. The average molecular weight is 388 g/mol. The number of piperazine rings is 1. The third-order valence-electron chi connectivity index (χ3n) is 4.56. The summed E-state index contributed by atoms with van der Waals surface area (Å²) in [4.78, 5) is 28.5. The monoisotopic (exact) mass is 387 g/mol. The van der Waals surface area contributed by atoms with Crippen molar-refractivity contribution < 1.29 is 14.7 Å². The quantitative estimate of drug-likeness (QED) is 0.846. The van der Waals surface area contributed by atoms with Crippen LogP contribution in [0.1, 0.15) is 15.9 Å². The number of aromatic hydroxyl groups is 1. The summed E-state index contributed by atoms with van der Waals surface area (Å²) in [5.41, 5.74) is 1.80. The Labute approximate surface area is 163 Å². The molecule has 2 aromatic rings. The maximum atomic E-state index is 12.6. The fraction of sp³-hybridized carbons (Fsp3) is 0.300. The molecule has 0 spiro atoms. The second kappa shape index (κ2) is 8.41. The Balaban J connectivity index is 1.52. The van der Waals surface area contributed by atoms with Gasteiger partial charge in [-0.3, -0.25) is 14.5 Å². The second-order valence-corrected chi connectivity index (χ2v) is 7.02. The SMILES string of the molecule is Cc1ccc(C(=O)N2CCN(CC(=O)Nc3ccccc3Cl)CC2)c(O)c1. The minimum Gasteiger partial charge on any atom is -0.507 e. The van der Waals surface area contributed by atoms with Gasteiger partial charge < -0.3 is 15.3 Å². The Bertz CT molecular complexity index is 848. The van der Waals surface area contributed by atoms with Gasteiger partial charge in [-0.25, -0.2) is 0 Å². The van der Waals surface area contributed by atoms with Crippen molar-refractivity contribution in [1.29, 1.82) is 0 Å². The van der Waals surface area contributed by atoms with E-state index in [1.165, 1.54) is 0 Å². The molecule has 0 saturated carbocycles. The van der Waals surface area contributed by atoms with Crippen LogP contribution in [0.15, 0.2) is 42.5 Å². The third kappa shape index (κ3) is 4.78. The number of nitrogens with zero attached hydrogens (tertiary/aromatic N) is 2. The Morgan fingerprint density at radius 2 is 1.81 bits per heavy atom. The van der Waals surface area contributed by atoms with Crippen LogP contribution in [0.5, 0.6) is 5.75 Å². The van der Waals surface area contributed by atoms with Crippen molar-refractivity contribution in [2.24, 2.45) is 0 Å². The molecule has 1 aliphatic heterocycles. The highest BCUT2D eigenvalue weighted by Crippen LogP contribution is 2.22. The van der Waals surface area contributed by atoms with E-state index in [9.17, 15) is 14.7 Å². The predicted molar refractivity (Wildman–Crippen MR) is 105 cm³/mol. The van der Waals surface area contributed by atoms with Gasteiger partial charge in [0.2, 0.25) is 5.91 Å². The lowest BCUT2D eigenvalue weighted by atomic mass is 10.1. The number of phenols is 1. The molecule has 6 nitrogen and oxygen atoms in total. The summed E-state index contributed by atoms with van der Waals surface area (Å²) in [6, 6.07) is 12.1. The van der Waals surface area contributed by atoms with Crippen molar-refractivity contribution in [2.45, 2.75) is 6.92 Å². The third-order valence-corrected chi connectivity index (χ3v) is 4.89. The molecule has 1 heterocycles. The zero-order chi connectivity index (χ0) is 19.4. The standard InChI is InChI=1S/C20H22ClN3O3/c1-14-6-7-15(18(25)12-14)20(27)24-10-8-23(9-11-24)13-19(26)22-17-5-3-2-4-16(17)21/h2-7,12,25H,8-11,13H2,1H3,(H,22,26). The Kier molecular flexibility index (Phi) is 5.98. The number of phenolic OH excluding ortho intramolecular Hbond substituents is 1. The van der Waals surface area contributed by atoms with Crippen LogP contribution in [0.2, 0.25) is 5.02 Å². The van der Waals surface area contributed by atoms with Crippen LogP contribution >= 0.6 is 11.6 Å². The number of carbonyl (C=O) groups excluding carboxylic acids is 2. The van der Waals surface area contributed by atoms with Crippen LogP contribution in [0.25, 0.3) is 0 Å². The van der Waals surface area contributed by atoms with Crippen LogP contribution in [0.3, 0.4) is 0 Å². The lowest BCUT2D eigenvalue weighted by molar-refractivity contribution is -0.117.